The van der Waals surface area contributed by atoms with Crippen LogP contribution in [-0.4, -0.2) is 65.3 Å². The van der Waals surface area contributed by atoms with E-state index in [-0.39, 0.29) is 0 Å². The van der Waals surface area contributed by atoms with E-state index in [2.05, 4.69) is 4.74 Å². The Bertz CT molecular complexity index is 317. The molecular formula is C6H13NO7S. The average Bonchev–Trinajstić information content (AvgIpc) is 2.42. The van der Waals surface area contributed by atoms with Gasteiger partial charge in [0.1, 0.15) is 24.4 Å². The molecular weight excluding hydrogens is 230 g/mol. The Morgan fingerprint density at radius 2 is 1.87 bits per heavy atom. The summed E-state index contributed by atoms with van der Waals surface area (Å²) in [6.07, 6.45) is -6.23. The number of primary sulfonamides is 1. The molecule has 8 nitrogen and oxygen atoms in total. The van der Waals surface area contributed by atoms with Crippen LogP contribution in [0.4, 0.5) is 0 Å². The highest BCUT2D eigenvalue weighted by Crippen LogP contribution is 2.25. The predicted octanol–water partition coefficient (Wildman–Crippen LogP) is -3.93. The molecule has 6 N–H and O–H groups in total. The van der Waals surface area contributed by atoms with Crippen molar-refractivity contribution >= 4 is 10.0 Å². The Kier molecular flexibility index (Phi) is 3.66. The highest BCUT2D eigenvalue weighted by Gasteiger charge is 2.50. The molecule has 0 aliphatic carbocycles. The Morgan fingerprint density at radius 1 is 1.33 bits per heavy atom. The van der Waals surface area contributed by atoms with Crippen LogP contribution in [0, 0.1) is 0 Å². The van der Waals surface area contributed by atoms with E-state index in [0.29, 0.717) is 0 Å². The minimum absolute atomic E-state index is 0.730. The van der Waals surface area contributed by atoms with Crippen LogP contribution in [0.2, 0.25) is 0 Å². The van der Waals surface area contributed by atoms with Crippen LogP contribution >= 0.6 is 0 Å². The highest BCUT2D eigenvalue weighted by atomic mass is 32.2. The maximum absolute atomic E-state index is 10.9. The summed E-state index contributed by atoms with van der Waals surface area (Å²) in [5, 5.41) is 41.1. The van der Waals surface area contributed by atoms with Gasteiger partial charge in [-0.05, 0) is 0 Å². The van der Waals surface area contributed by atoms with Gasteiger partial charge in [0.2, 0.25) is 15.5 Å². The van der Waals surface area contributed by atoms with E-state index in [1.54, 1.807) is 0 Å². The zero-order chi connectivity index (χ0) is 11.8. The SMILES string of the molecule is NS(=O)(=O)C1O[C@@H]([C@H](O)CO)[C@H](O)[C@H]1O. The zero-order valence-corrected chi connectivity index (χ0v) is 8.41. The van der Waals surface area contributed by atoms with Gasteiger partial charge < -0.3 is 25.2 Å². The van der Waals surface area contributed by atoms with Crippen molar-refractivity contribution in [1.29, 1.82) is 0 Å². The van der Waals surface area contributed by atoms with Gasteiger partial charge in [0.25, 0.3) is 0 Å². The minimum Gasteiger partial charge on any atom is -0.394 e. The van der Waals surface area contributed by atoms with Crippen LogP contribution in [0.5, 0.6) is 0 Å². The number of ether oxygens (including phenoxy) is 1. The lowest BCUT2D eigenvalue weighted by Crippen LogP contribution is -2.41. The van der Waals surface area contributed by atoms with E-state index in [4.69, 9.17) is 15.4 Å². The van der Waals surface area contributed by atoms with Crippen molar-refractivity contribution in [2.24, 2.45) is 5.14 Å². The van der Waals surface area contributed by atoms with Gasteiger partial charge in [-0.3, -0.25) is 0 Å². The van der Waals surface area contributed by atoms with Crippen LogP contribution in [0.15, 0.2) is 0 Å². The van der Waals surface area contributed by atoms with E-state index in [0.717, 1.165) is 0 Å². The second-order valence-corrected chi connectivity index (χ2v) is 4.93. The van der Waals surface area contributed by atoms with Crippen molar-refractivity contribution in [3.8, 4) is 0 Å². The maximum atomic E-state index is 10.9. The lowest BCUT2D eigenvalue weighted by atomic mass is 10.1. The molecule has 0 saturated carbocycles. The zero-order valence-electron chi connectivity index (χ0n) is 7.59. The fraction of sp³-hybridized carbons (Fsp3) is 1.00. The van der Waals surface area contributed by atoms with Crippen molar-refractivity contribution in [3.63, 3.8) is 0 Å². The Morgan fingerprint density at radius 3 is 2.20 bits per heavy atom. The third-order valence-corrected chi connectivity index (χ3v) is 3.18. The Labute approximate surface area is 85.9 Å². The van der Waals surface area contributed by atoms with Gasteiger partial charge in [0, 0.05) is 0 Å². The van der Waals surface area contributed by atoms with E-state index in [9.17, 15) is 18.6 Å². The molecule has 0 radical (unpaired) electrons. The second kappa shape index (κ2) is 4.29. The van der Waals surface area contributed by atoms with Gasteiger partial charge in [-0.2, -0.15) is 0 Å². The smallest absolute Gasteiger partial charge is 0.239 e. The Balaban J connectivity index is 2.85. The quantitative estimate of drug-likeness (QED) is 0.339. The van der Waals surface area contributed by atoms with Gasteiger partial charge in [0.05, 0.1) is 6.61 Å². The molecule has 1 rings (SSSR count). The third kappa shape index (κ3) is 2.45. The number of nitrogens with two attached hydrogens (primary N) is 1. The molecule has 5 atom stereocenters. The number of aliphatic hydroxyl groups is 4. The molecule has 0 spiro atoms. The number of hydrogen-bond donors (Lipinski definition) is 5. The van der Waals surface area contributed by atoms with Gasteiger partial charge >= 0.3 is 0 Å². The van der Waals surface area contributed by atoms with Crippen molar-refractivity contribution in [2.75, 3.05) is 6.61 Å². The molecule has 0 aromatic carbocycles. The van der Waals surface area contributed by atoms with E-state index < -0.39 is 46.5 Å². The molecule has 1 fully saturated rings. The topological polar surface area (TPSA) is 150 Å². The Hall–Kier alpha value is -0.290. The number of sulfonamides is 1. The van der Waals surface area contributed by atoms with Gasteiger partial charge in [-0.15, -0.1) is 0 Å². The first-order valence-corrected chi connectivity index (χ1v) is 5.72. The van der Waals surface area contributed by atoms with Crippen LogP contribution in [0.25, 0.3) is 0 Å². The molecule has 0 aromatic heterocycles. The number of rotatable bonds is 3. The van der Waals surface area contributed by atoms with Crippen LogP contribution in [0.3, 0.4) is 0 Å². The first-order valence-electron chi connectivity index (χ1n) is 4.11. The molecule has 1 unspecified atom stereocenters. The summed E-state index contributed by atoms with van der Waals surface area (Å²) in [6, 6.07) is 0. The highest BCUT2D eigenvalue weighted by molar-refractivity contribution is 7.89. The minimum atomic E-state index is -4.18. The van der Waals surface area contributed by atoms with Gasteiger partial charge in [-0.25, -0.2) is 13.6 Å². The number of aliphatic hydroxyl groups excluding tert-OH is 4. The summed E-state index contributed by atoms with van der Waals surface area (Å²) < 4.78 is 26.4. The second-order valence-electron chi connectivity index (χ2n) is 3.29. The monoisotopic (exact) mass is 243 g/mol. The molecule has 9 heteroatoms. The van der Waals surface area contributed by atoms with Crippen molar-refractivity contribution in [1.82, 2.24) is 0 Å². The number of hydrogen-bond acceptors (Lipinski definition) is 7. The van der Waals surface area contributed by atoms with Crippen LogP contribution < -0.4 is 5.14 Å². The normalized spacial score (nSPS) is 39.3. The summed E-state index contributed by atoms with van der Waals surface area (Å²) in [6.45, 7) is -0.730. The standard InChI is InChI=1S/C6H13NO7S/c7-15(12,13)6-4(11)3(10)5(14-6)2(9)1-8/h2-6,8-11H,1H2,(H2,7,12,13)/t2-,3-,4-,5+,6?/m1/s1. The molecule has 15 heavy (non-hydrogen) atoms. The summed E-state index contributed by atoms with van der Waals surface area (Å²) in [7, 11) is -4.18. The summed E-state index contributed by atoms with van der Waals surface area (Å²) >= 11 is 0. The summed E-state index contributed by atoms with van der Waals surface area (Å²) in [5.74, 6) is 0. The molecule has 0 aromatic rings. The van der Waals surface area contributed by atoms with Crippen molar-refractivity contribution in [2.45, 2.75) is 29.9 Å². The lowest BCUT2D eigenvalue weighted by Gasteiger charge is -2.18. The molecule has 1 heterocycles. The van der Waals surface area contributed by atoms with E-state index >= 15 is 0 Å². The fourth-order valence-electron chi connectivity index (χ4n) is 1.37. The summed E-state index contributed by atoms with van der Waals surface area (Å²) in [5.41, 5.74) is -1.79. The largest absolute Gasteiger partial charge is 0.394 e. The molecule has 1 aliphatic rings. The fourth-order valence-corrected chi connectivity index (χ4v) is 2.20. The first-order chi connectivity index (χ1) is 6.79. The molecule has 0 bridgehead atoms. The molecule has 1 aliphatic heterocycles. The van der Waals surface area contributed by atoms with Gasteiger partial charge in [0.15, 0.2) is 0 Å². The van der Waals surface area contributed by atoms with Crippen molar-refractivity contribution < 1.29 is 33.6 Å². The average molecular weight is 243 g/mol. The van der Waals surface area contributed by atoms with E-state index in [1.165, 1.54) is 0 Å². The van der Waals surface area contributed by atoms with Crippen LogP contribution in [-0.2, 0) is 14.8 Å². The van der Waals surface area contributed by atoms with Crippen molar-refractivity contribution in [3.05, 3.63) is 0 Å². The maximum Gasteiger partial charge on any atom is 0.239 e. The molecule has 1 saturated heterocycles. The summed E-state index contributed by atoms with van der Waals surface area (Å²) in [4.78, 5) is 0. The van der Waals surface area contributed by atoms with Gasteiger partial charge in [-0.1, -0.05) is 0 Å². The lowest BCUT2D eigenvalue weighted by molar-refractivity contribution is -0.0720. The molecule has 0 amide bonds. The third-order valence-electron chi connectivity index (χ3n) is 2.15. The predicted molar refractivity (Wildman–Crippen MR) is 46.9 cm³/mol. The molecule has 90 valence electrons. The first kappa shape index (κ1) is 12.8. The van der Waals surface area contributed by atoms with E-state index in [1.807, 2.05) is 0 Å². The van der Waals surface area contributed by atoms with Crippen LogP contribution in [0.1, 0.15) is 0 Å².